The quantitative estimate of drug-likeness (QED) is 0.750. The van der Waals surface area contributed by atoms with E-state index in [1.165, 1.54) is 0 Å². The Morgan fingerprint density at radius 2 is 2.54 bits per heavy atom. The summed E-state index contributed by atoms with van der Waals surface area (Å²) in [5.41, 5.74) is 0. The summed E-state index contributed by atoms with van der Waals surface area (Å²) < 4.78 is 5.04. The van der Waals surface area contributed by atoms with E-state index in [1.807, 2.05) is 11.8 Å². The summed E-state index contributed by atoms with van der Waals surface area (Å²) in [7, 11) is 1.72. The molecular formula is C9H18N2OS. The Labute approximate surface area is 84.3 Å². The summed E-state index contributed by atoms with van der Waals surface area (Å²) in [6.45, 7) is 5.01. The van der Waals surface area contributed by atoms with E-state index in [4.69, 9.17) is 4.74 Å². The van der Waals surface area contributed by atoms with Crippen molar-refractivity contribution in [1.29, 1.82) is 0 Å². The number of hydrogen-bond donors (Lipinski definition) is 1. The van der Waals surface area contributed by atoms with Gasteiger partial charge in [-0.3, -0.25) is 4.99 Å². The minimum Gasteiger partial charge on any atom is -0.383 e. The second-order valence-corrected chi connectivity index (χ2v) is 4.32. The van der Waals surface area contributed by atoms with Gasteiger partial charge in [0.25, 0.3) is 0 Å². The zero-order chi connectivity index (χ0) is 9.68. The maximum atomic E-state index is 5.04. The topological polar surface area (TPSA) is 33.6 Å². The van der Waals surface area contributed by atoms with Crippen molar-refractivity contribution < 1.29 is 4.74 Å². The molecule has 0 aromatic heterocycles. The third kappa shape index (κ3) is 3.56. The van der Waals surface area contributed by atoms with Crippen LogP contribution >= 0.6 is 11.8 Å². The number of aliphatic imine (C=N–C) groups is 1. The molecule has 0 saturated heterocycles. The van der Waals surface area contributed by atoms with Crippen LogP contribution in [0.1, 0.15) is 20.3 Å². The molecule has 0 fully saturated rings. The second kappa shape index (κ2) is 5.50. The molecule has 1 aliphatic rings. The van der Waals surface area contributed by atoms with E-state index in [2.05, 4.69) is 24.2 Å². The van der Waals surface area contributed by atoms with Gasteiger partial charge < -0.3 is 10.1 Å². The molecule has 1 rings (SSSR count). The van der Waals surface area contributed by atoms with Crippen LogP contribution in [-0.2, 0) is 4.74 Å². The number of ether oxygens (including phenoxy) is 1. The number of nitrogens with one attached hydrogen (secondary N) is 1. The number of amidine groups is 1. The van der Waals surface area contributed by atoms with Gasteiger partial charge in [-0.05, 0) is 13.3 Å². The van der Waals surface area contributed by atoms with Crippen molar-refractivity contribution in [3.05, 3.63) is 0 Å². The van der Waals surface area contributed by atoms with Crippen LogP contribution in [0.25, 0.3) is 0 Å². The van der Waals surface area contributed by atoms with Crippen LogP contribution in [0, 0.1) is 0 Å². The molecule has 0 radical (unpaired) electrons. The molecule has 4 heteroatoms. The predicted molar refractivity (Wildman–Crippen MR) is 58.4 cm³/mol. The van der Waals surface area contributed by atoms with E-state index in [-0.39, 0.29) is 0 Å². The lowest BCUT2D eigenvalue weighted by molar-refractivity contribution is 0.179. The molecule has 1 N–H and O–H groups in total. The SMILES string of the molecule is CCC1CSC(NC(C)COC)=N1. The van der Waals surface area contributed by atoms with Gasteiger partial charge in [0, 0.05) is 18.9 Å². The third-order valence-corrected chi connectivity index (χ3v) is 3.02. The highest BCUT2D eigenvalue weighted by atomic mass is 32.2. The molecule has 2 atom stereocenters. The highest BCUT2D eigenvalue weighted by molar-refractivity contribution is 8.14. The zero-order valence-electron chi connectivity index (χ0n) is 8.54. The normalized spacial score (nSPS) is 24.2. The molecule has 1 heterocycles. The lowest BCUT2D eigenvalue weighted by Crippen LogP contribution is -2.33. The highest BCUT2D eigenvalue weighted by Gasteiger charge is 2.17. The Bertz CT molecular complexity index is 184. The number of nitrogens with zero attached hydrogens (tertiary/aromatic N) is 1. The fourth-order valence-corrected chi connectivity index (χ4v) is 2.37. The Hall–Kier alpha value is -0.220. The van der Waals surface area contributed by atoms with E-state index in [0.29, 0.717) is 12.1 Å². The minimum absolute atomic E-state index is 0.354. The van der Waals surface area contributed by atoms with Gasteiger partial charge in [0.05, 0.1) is 12.6 Å². The molecule has 13 heavy (non-hydrogen) atoms. The molecule has 0 aromatic carbocycles. The Morgan fingerprint density at radius 3 is 3.08 bits per heavy atom. The average Bonchev–Trinajstić information content (AvgIpc) is 2.52. The summed E-state index contributed by atoms with van der Waals surface area (Å²) in [6.07, 6.45) is 1.14. The molecule has 76 valence electrons. The summed E-state index contributed by atoms with van der Waals surface area (Å²) >= 11 is 1.81. The van der Waals surface area contributed by atoms with Crippen molar-refractivity contribution >= 4 is 16.9 Å². The Balaban J connectivity index is 2.29. The van der Waals surface area contributed by atoms with Gasteiger partial charge in [-0.25, -0.2) is 0 Å². The molecule has 0 aromatic rings. The van der Waals surface area contributed by atoms with E-state index in [0.717, 1.165) is 23.9 Å². The van der Waals surface area contributed by atoms with Crippen LogP contribution in [0.4, 0.5) is 0 Å². The first-order valence-corrected chi connectivity index (χ1v) is 5.71. The van der Waals surface area contributed by atoms with Crippen LogP contribution in [0.2, 0.25) is 0 Å². The van der Waals surface area contributed by atoms with Gasteiger partial charge in [-0.1, -0.05) is 18.7 Å². The van der Waals surface area contributed by atoms with E-state index < -0.39 is 0 Å². The molecule has 0 saturated carbocycles. The van der Waals surface area contributed by atoms with Crippen molar-refractivity contribution in [2.24, 2.45) is 4.99 Å². The van der Waals surface area contributed by atoms with Crippen LogP contribution in [-0.4, -0.2) is 36.7 Å². The third-order valence-electron chi connectivity index (χ3n) is 1.97. The largest absolute Gasteiger partial charge is 0.383 e. The Kier molecular flexibility index (Phi) is 4.59. The van der Waals surface area contributed by atoms with E-state index in [9.17, 15) is 0 Å². The first kappa shape index (κ1) is 10.9. The molecule has 0 amide bonds. The summed E-state index contributed by atoms with van der Waals surface area (Å²) in [5.74, 6) is 1.12. The first-order chi connectivity index (χ1) is 6.26. The summed E-state index contributed by atoms with van der Waals surface area (Å²) in [4.78, 5) is 4.54. The smallest absolute Gasteiger partial charge is 0.157 e. The molecule has 0 spiro atoms. The maximum absolute atomic E-state index is 5.04. The van der Waals surface area contributed by atoms with Crippen molar-refractivity contribution in [3.63, 3.8) is 0 Å². The lowest BCUT2D eigenvalue weighted by atomic mass is 10.3. The van der Waals surface area contributed by atoms with Crippen molar-refractivity contribution in [3.8, 4) is 0 Å². The molecule has 1 aliphatic heterocycles. The molecule has 0 aliphatic carbocycles. The molecule has 3 nitrogen and oxygen atoms in total. The van der Waals surface area contributed by atoms with Crippen LogP contribution in [0.3, 0.4) is 0 Å². The Morgan fingerprint density at radius 1 is 1.77 bits per heavy atom. The minimum atomic E-state index is 0.354. The monoisotopic (exact) mass is 202 g/mol. The van der Waals surface area contributed by atoms with Gasteiger partial charge in [0.2, 0.25) is 0 Å². The predicted octanol–water partition coefficient (Wildman–Crippen LogP) is 1.49. The molecule has 0 bridgehead atoms. The van der Waals surface area contributed by atoms with E-state index >= 15 is 0 Å². The van der Waals surface area contributed by atoms with Crippen LogP contribution in [0.5, 0.6) is 0 Å². The summed E-state index contributed by atoms with van der Waals surface area (Å²) in [5, 5.41) is 4.41. The van der Waals surface area contributed by atoms with Gasteiger partial charge >= 0.3 is 0 Å². The number of methoxy groups -OCH3 is 1. The fraction of sp³-hybridized carbons (Fsp3) is 0.889. The first-order valence-electron chi connectivity index (χ1n) is 4.72. The van der Waals surface area contributed by atoms with Gasteiger partial charge in [0.15, 0.2) is 5.17 Å². The molecular weight excluding hydrogens is 184 g/mol. The van der Waals surface area contributed by atoms with E-state index in [1.54, 1.807) is 7.11 Å². The maximum Gasteiger partial charge on any atom is 0.157 e. The summed E-state index contributed by atoms with van der Waals surface area (Å²) in [6, 6.07) is 0.870. The zero-order valence-corrected chi connectivity index (χ0v) is 9.36. The van der Waals surface area contributed by atoms with Crippen LogP contribution in [0.15, 0.2) is 4.99 Å². The van der Waals surface area contributed by atoms with Gasteiger partial charge in [-0.2, -0.15) is 0 Å². The number of hydrogen-bond acceptors (Lipinski definition) is 4. The second-order valence-electron chi connectivity index (χ2n) is 3.31. The number of thioether (sulfide) groups is 1. The lowest BCUT2D eigenvalue weighted by Gasteiger charge is -2.12. The van der Waals surface area contributed by atoms with Gasteiger partial charge in [-0.15, -0.1) is 0 Å². The van der Waals surface area contributed by atoms with Crippen molar-refractivity contribution in [2.75, 3.05) is 19.5 Å². The number of rotatable bonds is 4. The van der Waals surface area contributed by atoms with Crippen molar-refractivity contribution in [1.82, 2.24) is 5.32 Å². The molecule has 2 unspecified atom stereocenters. The standard InChI is InChI=1S/C9H18N2OS/c1-4-8-6-13-9(11-8)10-7(2)5-12-3/h7-8H,4-6H2,1-3H3,(H,10,11). The fourth-order valence-electron chi connectivity index (χ4n) is 1.21. The average molecular weight is 202 g/mol. The van der Waals surface area contributed by atoms with Crippen LogP contribution < -0.4 is 5.32 Å². The highest BCUT2D eigenvalue weighted by Crippen LogP contribution is 2.18. The van der Waals surface area contributed by atoms with Crippen molar-refractivity contribution in [2.45, 2.75) is 32.4 Å². The van der Waals surface area contributed by atoms with Gasteiger partial charge in [0.1, 0.15) is 0 Å².